The highest BCUT2D eigenvalue weighted by Gasteiger charge is 2.17. The van der Waals surface area contributed by atoms with Gasteiger partial charge in [0.15, 0.2) is 0 Å². The number of benzene rings is 2. The molecule has 0 spiro atoms. The Morgan fingerprint density at radius 2 is 1.81 bits per heavy atom. The maximum atomic E-state index is 13.7. The fourth-order valence-electron chi connectivity index (χ4n) is 2.82. The minimum atomic E-state index is -0.397. The molecule has 1 amide bonds. The van der Waals surface area contributed by atoms with Crippen molar-refractivity contribution in [3.05, 3.63) is 70.9 Å². The highest BCUT2D eigenvalue weighted by molar-refractivity contribution is 5.98. The lowest BCUT2D eigenvalue weighted by molar-refractivity contribution is 0.0935. The summed E-state index contributed by atoms with van der Waals surface area (Å²) in [6, 6.07) is 9.74. The summed E-state index contributed by atoms with van der Waals surface area (Å²) in [5.41, 5.74) is 2.05. The molecule has 0 fully saturated rings. The number of aryl methyl sites for hydroxylation is 1. The van der Waals surface area contributed by atoms with Gasteiger partial charge in [0.25, 0.3) is 5.91 Å². The summed E-state index contributed by atoms with van der Waals surface area (Å²) >= 11 is 0. The fourth-order valence-corrected chi connectivity index (χ4v) is 2.82. The summed E-state index contributed by atoms with van der Waals surface area (Å²) in [7, 11) is 1.46. The van der Waals surface area contributed by atoms with Crippen LogP contribution in [0.15, 0.2) is 42.5 Å². The largest absolute Gasteiger partial charge is 0.496 e. The van der Waals surface area contributed by atoms with Gasteiger partial charge in [0, 0.05) is 11.5 Å². The van der Waals surface area contributed by atoms with Gasteiger partial charge in [-0.1, -0.05) is 12.1 Å². The van der Waals surface area contributed by atoms with Crippen molar-refractivity contribution < 1.29 is 18.3 Å². The Labute approximate surface area is 149 Å². The van der Waals surface area contributed by atoms with E-state index in [-0.39, 0.29) is 17.6 Å². The van der Waals surface area contributed by atoms with Gasteiger partial charge >= 0.3 is 0 Å². The summed E-state index contributed by atoms with van der Waals surface area (Å²) in [6.07, 6.45) is 0. The third-order valence-corrected chi connectivity index (χ3v) is 4.20. The van der Waals surface area contributed by atoms with Crippen molar-refractivity contribution in [3.8, 4) is 5.75 Å². The molecule has 3 rings (SSSR count). The Bertz CT molecular complexity index is 972. The van der Waals surface area contributed by atoms with E-state index in [4.69, 9.17) is 4.74 Å². The molecule has 134 valence electrons. The average Bonchev–Trinajstić information content (AvgIpc) is 2.61. The van der Waals surface area contributed by atoms with E-state index in [2.05, 4.69) is 10.3 Å². The summed E-state index contributed by atoms with van der Waals surface area (Å²) in [4.78, 5) is 17.0. The lowest BCUT2D eigenvalue weighted by Gasteiger charge is -2.15. The highest BCUT2D eigenvalue weighted by Crippen LogP contribution is 2.28. The molecule has 0 aliphatic carbocycles. The van der Waals surface area contributed by atoms with Crippen LogP contribution in [0.3, 0.4) is 0 Å². The second kappa shape index (κ2) is 7.07. The quantitative estimate of drug-likeness (QED) is 0.757. The molecule has 3 aromatic rings. The highest BCUT2D eigenvalue weighted by atomic mass is 19.1. The Morgan fingerprint density at radius 3 is 2.46 bits per heavy atom. The van der Waals surface area contributed by atoms with Crippen LogP contribution in [0.5, 0.6) is 5.75 Å². The van der Waals surface area contributed by atoms with E-state index in [9.17, 15) is 13.6 Å². The lowest BCUT2D eigenvalue weighted by Crippen LogP contribution is -2.27. The molecule has 0 saturated carbocycles. The molecule has 0 aliphatic heterocycles. The van der Waals surface area contributed by atoms with Gasteiger partial charge in [0.1, 0.15) is 23.1 Å². The number of carbonyl (C=O) groups excluding carboxylic acids is 1. The molecule has 0 radical (unpaired) electrons. The molecular formula is C20H18F2N2O2. The number of carbonyl (C=O) groups is 1. The second-order valence-electron chi connectivity index (χ2n) is 6.08. The van der Waals surface area contributed by atoms with Crippen LogP contribution >= 0.6 is 0 Å². The van der Waals surface area contributed by atoms with Gasteiger partial charge in [-0.2, -0.15) is 0 Å². The summed E-state index contributed by atoms with van der Waals surface area (Å²) in [5.74, 6) is -0.754. The number of hydrogen-bond donors (Lipinski definition) is 1. The molecule has 0 aliphatic rings. The van der Waals surface area contributed by atoms with Crippen molar-refractivity contribution in [3.63, 3.8) is 0 Å². The molecule has 1 N–H and O–H groups in total. The summed E-state index contributed by atoms with van der Waals surface area (Å²) < 4.78 is 32.0. The Morgan fingerprint density at radius 1 is 1.12 bits per heavy atom. The number of pyridine rings is 1. The molecule has 1 atom stereocenters. The van der Waals surface area contributed by atoms with E-state index in [0.29, 0.717) is 22.2 Å². The number of rotatable bonds is 4. The average molecular weight is 356 g/mol. The normalized spacial score (nSPS) is 12.0. The standard InChI is InChI=1S/C20H18F2N2O2/c1-11-8-15(22)9-16-18(26-3)10-17(24-19(11)16)20(25)23-12(2)13-4-6-14(21)7-5-13/h4-10,12H,1-3H3,(H,23,25). The summed E-state index contributed by atoms with van der Waals surface area (Å²) in [6.45, 7) is 3.52. The molecule has 0 saturated heterocycles. The van der Waals surface area contributed by atoms with Crippen LogP contribution in [0.1, 0.15) is 34.6 Å². The van der Waals surface area contributed by atoms with Gasteiger partial charge < -0.3 is 10.1 Å². The van der Waals surface area contributed by atoms with Crippen molar-refractivity contribution >= 4 is 16.8 Å². The van der Waals surface area contributed by atoms with Crippen molar-refractivity contribution in [2.45, 2.75) is 19.9 Å². The third kappa shape index (κ3) is 3.49. The first-order valence-electron chi connectivity index (χ1n) is 8.10. The van der Waals surface area contributed by atoms with Crippen LogP contribution in [-0.4, -0.2) is 18.0 Å². The van der Waals surface area contributed by atoms with Gasteiger partial charge in [0.05, 0.1) is 18.7 Å². The van der Waals surface area contributed by atoms with Crippen LogP contribution in [0.25, 0.3) is 10.9 Å². The first-order valence-corrected chi connectivity index (χ1v) is 8.10. The molecule has 1 unspecified atom stereocenters. The number of ether oxygens (including phenoxy) is 1. The maximum Gasteiger partial charge on any atom is 0.270 e. The van der Waals surface area contributed by atoms with E-state index < -0.39 is 11.7 Å². The molecule has 26 heavy (non-hydrogen) atoms. The van der Waals surface area contributed by atoms with E-state index in [0.717, 1.165) is 5.56 Å². The van der Waals surface area contributed by atoms with Crippen molar-refractivity contribution in [2.24, 2.45) is 0 Å². The van der Waals surface area contributed by atoms with E-state index in [1.165, 1.54) is 37.4 Å². The number of aromatic nitrogens is 1. The predicted molar refractivity (Wildman–Crippen MR) is 95.3 cm³/mol. The molecule has 6 heteroatoms. The Balaban J connectivity index is 1.94. The van der Waals surface area contributed by atoms with E-state index in [1.807, 2.05) is 0 Å². The van der Waals surface area contributed by atoms with Crippen LogP contribution in [0.4, 0.5) is 8.78 Å². The Kier molecular flexibility index (Phi) is 4.84. The molecule has 1 aromatic heterocycles. The number of halogens is 2. The summed E-state index contributed by atoms with van der Waals surface area (Å²) in [5, 5.41) is 3.33. The molecule has 2 aromatic carbocycles. The first kappa shape index (κ1) is 17.8. The third-order valence-electron chi connectivity index (χ3n) is 4.20. The van der Waals surface area contributed by atoms with Crippen LogP contribution < -0.4 is 10.1 Å². The molecule has 4 nitrogen and oxygen atoms in total. The molecule has 0 bridgehead atoms. The van der Waals surface area contributed by atoms with E-state index in [1.54, 1.807) is 26.0 Å². The number of fused-ring (bicyclic) bond motifs is 1. The van der Waals surface area contributed by atoms with Gasteiger partial charge in [-0.05, 0) is 49.2 Å². The number of nitrogens with one attached hydrogen (secondary N) is 1. The van der Waals surface area contributed by atoms with Crippen LogP contribution in [-0.2, 0) is 0 Å². The van der Waals surface area contributed by atoms with Crippen LogP contribution in [0, 0.1) is 18.6 Å². The van der Waals surface area contributed by atoms with Crippen molar-refractivity contribution in [1.29, 1.82) is 0 Å². The molecular weight excluding hydrogens is 338 g/mol. The predicted octanol–water partition coefficient (Wildman–Crippen LogP) is 4.32. The zero-order chi connectivity index (χ0) is 18.8. The lowest BCUT2D eigenvalue weighted by atomic mass is 10.1. The van der Waals surface area contributed by atoms with Crippen molar-refractivity contribution in [2.75, 3.05) is 7.11 Å². The Hall–Kier alpha value is -3.02. The van der Waals surface area contributed by atoms with Gasteiger partial charge in [-0.15, -0.1) is 0 Å². The fraction of sp³-hybridized carbons (Fsp3) is 0.200. The number of nitrogens with zero attached hydrogens (tertiary/aromatic N) is 1. The van der Waals surface area contributed by atoms with Crippen LogP contribution in [0.2, 0.25) is 0 Å². The zero-order valence-corrected chi connectivity index (χ0v) is 14.6. The number of amides is 1. The monoisotopic (exact) mass is 356 g/mol. The number of methoxy groups -OCH3 is 1. The zero-order valence-electron chi connectivity index (χ0n) is 14.6. The van der Waals surface area contributed by atoms with E-state index >= 15 is 0 Å². The first-order chi connectivity index (χ1) is 12.4. The topological polar surface area (TPSA) is 51.2 Å². The minimum absolute atomic E-state index is 0.165. The number of hydrogen-bond acceptors (Lipinski definition) is 3. The van der Waals surface area contributed by atoms with Gasteiger partial charge in [0.2, 0.25) is 0 Å². The molecule has 1 heterocycles. The smallest absolute Gasteiger partial charge is 0.270 e. The minimum Gasteiger partial charge on any atom is -0.496 e. The second-order valence-corrected chi connectivity index (χ2v) is 6.08. The van der Waals surface area contributed by atoms with Gasteiger partial charge in [-0.3, -0.25) is 4.79 Å². The van der Waals surface area contributed by atoms with Gasteiger partial charge in [-0.25, -0.2) is 13.8 Å². The van der Waals surface area contributed by atoms with Crippen molar-refractivity contribution in [1.82, 2.24) is 10.3 Å². The maximum absolute atomic E-state index is 13.7. The SMILES string of the molecule is COc1cc(C(=O)NC(C)c2ccc(F)cc2)nc2c(C)cc(F)cc12.